The van der Waals surface area contributed by atoms with Crippen molar-refractivity contribution in [1.82, 2.24) is 0 Å². The molecule has 4 nitrogen and oxygen atoms in total. The Kier molecular flexibility index (Phi) is 5.11. The van der Waals surface area contributed by atoms with Gasteiger partial charge in [-0.25, -0.2) is 9.59 Å². The summed E-state index contributed by atoms with van der Waals surface area (Å²) in [5, 5.41) is 8.97. The molecule has 1 unspecified atom stereocenters. The summed E-state index contributed by atoms with van der Waals surface area (Å²) < 4.78 is 5.18. The van der Waals surface area contributed by atoms with Crippen molar-refractivity contribution in [3.05, 3.63) is 47.5 Å². The third-order valence-electron chi connectivity index (χ3n) is 2.39. The Balaban J connectivity index is 2.81. The molecule has 18 heavy (non-hydrogen) atoms. The van der Waals surface area contributed by atoms with Crippen LogP contribution >= 0.6 is 0 Å². The van der Waals surface area contributed by atoms with Gasteiger partial charge in [0, 0.05) is 6.42 Å². The number of carboxylic acids is 1. The molecular weight excluding hydrogens is 232 g/mol. The van der Waals surface area contributed by atoms with Gasteiger partial charge in [0.1, 0.15) is 6.10 Å². The number of esters is 1. The van der Waals surface area contributed by atoms with E-state index in [9.17, 15) is 9.59 Å². The lowest BCUT2D eigenvalue weighted by atomic mass is 10.1. The predicted octanol–water partition coefficient (Wildman–Crippen LogP) is 2.90. The van der Waals surface area contributed by atoms with Crippen molar-refractivity contribution < 1.29 is 19.4 Å². The van der Waals surface area contributed by atoms with Crippen LogP contribution in [0.1, 0.15) is 41.0 Å². The lowest BCUT2D eigenvalue weighted by molar-refractivity contribution is 0.0341. The highest BCUT2D eigenvalue weighted by Crippen LogP contribution is 2.12. The maximum atomic E-state index is 11.8. The van der Waals surface area contributed by atoms with E-state index >= 15 is 0 Å². The van der Waals surface area contributed by atoms with E-state index in [0.29, 0.717) is 6.42 Å². The van der Waals surface area contributed by atoms with Gasteiger partial charge in [-0.3, -0.25) is 0 Å². The van der Waals surface area contributed by atoms with Crippen LogP contribution < -0.4 is 0 Å². The van der Waals surface area contributed by atoms with Crippen LogP contribution in [0, 0.1) is 0 Å². The van der Waals surface area contributed by atoms with Crippen molar-refractivity contribution in [3.8, 4) is 0 Å². The van der Waals surface area contributed by atoms with Gasteiger partial charge in [-0.2, -0.15) is 0 Å². The summed E-state index contributed by atoms with van der Waals surface area (Å²) >= 11 is 0. The summed E-state index contributed by atoms with van der Waals surface area (Å²) in [7, 11) is 0. The number of hydrogen-bond donors (Lipinski definition) is 1. The van der Waals surface area contributed by atoms with Gasteiger partial charge < -0.3 is 9.84 Å². The van der Waals surface area contributed by atoms with Gasteiger partial charge in [-0.15, -0.1) is 0 Å². The highest BCUT2D eigenvalue weighted by Gasteiger charge is 2.18. The fraction of sp³-hybridized carbons (Fsp3) is 0.286. The van der Waals surface area contributed by atoms with Gasteiger partial charge in [-0.05, 0) is 26.0 Å². The van der Waals surface area contributed by atoms with Crippen LogP contribution in [0.15, 0.2) is 36.4 Å². The number of rotatable bonds is 5. The molecule has 0 amide bonds. The summed E-state index contributed by atoms with van der Waals surface area (Å²) in [6.45, 7) is 3.65. The molecule has 0 saturated heterocycles. The quantitative estimate of drug-likeness (QED) is 0.642. The molecule has 1 N–H and O–H groups in total. The number of carbonyl (C=O) groups excluding carboxylic acids is 1. The van der Waals surface area contributed by atoms with E-state index in [1.807, 2.05) is 19.1 Å². The van der Waals surface area contributed by atoms with Crippen molar-refractivity contribution in [1.29, 1.82) is 0 Å². The summed E-state index contributed by atoms with van der Waals surface area (Å²) in [6.07, 6.45) is 4.09. The van der Waals surface area contributed by atoms with Crippen molar-refractivity contribution in [3.63, 3.8) is 0 Å². The Morgan fingerprint density at radius 3 is 2.50 bits per heavy atom. The molecule has 0 bridgehead atoms. The molecule has 96 valence electrons. The molecule has 0 aliphatic carbocycles. The molecule has 0 fully saturated rings. The van der Waals surface area contributed by atoms with Crippen molar-refractivity contribution in [2.45, 2.75) is 26.4 Å². The molecular formula is C14H16O4. The second-order valence-corrected chi connectivity index (χ2v) is 3.87. The summed E-state index contributed by atoms with van der Waals surface area (Å²) in [5.41, 5.74) is 0.0399. The molecule has 0 saturated carbocycles. The van der Waals surface area contributed by atoms with Crippen molar-refractivity contribution >= 4 is 11.9 Å². The van der Waals surface area contributed by atoms with E-state index in [-0.39, 0.29) is 17.2 Å². The van der Waals surface area contributed by atoms with Gasteiger partial charge in [0.05, 0.1) is 11.1 Å². The predicted molar refractivity (Wildman–Crippen MR) is 67.7 cm³/mol. The maximum Gasteiger partial charge on any atom is 0.339 e. The fourth-order valence-electron chi connectivity index (χ4n) is 1.47. The highest BCUT2D eigenvalue weighted by atomic mass is 16.5. The number of aromatic carboxylic acids is 1. The maximum absolute atomic E-state index is 11.8. The average molecular weight is 248 g/mol. The van der Waals surface area contributed by atoms with Gasteiger partial charge >= 0.3 is 11.9 Å². The van der Waals surface area contributed by atoms with E-state index in [1.165, 1.54) is 12.1 Å². The van der Waals surface area contributed by atoms with E-state index in [0.717, 1.165) is 0 Å². The number of benzene rings is 1. The number of allylic oxidation sites excluding steroid dienone is 1. The first-order chi connectivity index (χ1) is 8.56. The van der Waals surface area contributed by atoms with Crippen LogP contribution in [0.4, 0.5) is 0 Å². The molecule has 1 aromatic rings. The van der Waals surface area contributed by atoms with Gasteiger partial charge in [0.15, 0.2) is 0 Å². The highest BCUT2D eigenvalue weighted by molar-refractivity contribution is 6.02. The van der Waals surface area contributed by atoms with Crippen LogP contribution in [-0.4, -0.2) is 23.1 Å². The molecule has 0 aromatic heterocycles. The van der Waals surface area contributed by atoms with Gasteiger partial charge in [0.2, 0.25) is 0 Å². The largest absolute Gasteiger partial charge is 0.478 e. The third-order valence-corrected chi connectivity index (χ3v) is 2.39. The van der Waals surface area contributed by atoms with Crippen LogP contribution in [0.25, 0.3) is 0 Å². The number of carboxylic acid groups (broad SMARTS) is 1. The second-order valence-electron chi connectivity index (χ2n) is 3.87. The number of ether oxygens (including phenoxy) is 1. The first-order valence-electron chi connectivity index (χ1n) is 5.70. The lowest BCUT2D eigenvalue weighted by Crippen LogP contribution is -2.17. The Morgan fingerprint density at radius 2 is 1.94 bits per heavy atom. The first-order valence-corrected chi connectivity index (χ1v) is 5.70. The SMILES string of the molecule is CC=CCC(C)OC(=O)c1ccccc1C(=O)O. The van der Waals surface area contributed by atoms with Crippen LogP contribution in [0.5, 0.6) is 0 Å². The molecule has 0 aliphatic rings. The van der Waals surface area contributed by atoms with E-state index in [4.69, 9.17) is 9.84 Å². The molecule has 0 spiro atoms. The van der Waals surface area contributed by atoms with Gasteiger partial charge in [-0.1, -0.05) is 24.3 Å². The zero-order chi connectivity index (χ0) is 13.5. The van der Waals surface area contributed by atoms with E-state index < -0.39 is 11.9 Å². The molecule has 1 atom stereocenters. The number of hydrogen-bond acceptors (Lipinski definition) is 3. The Labute approximate surface area is 106 Å². The molecule has 4 heteroatoms. The molecule has 0 heterocycles. The minimum Gasteiger partial charge on any atom is -0.478 e. The summed E-state index contributed by atoms with van der Waals surface area (Å²) in [4.78, 5) is 22.8. The zero-order valence-corrected chi connectivity index (χ0v) is 10.4. The molecule has 0 radical (unpaired) electrons. The zero-order valence-electron chi connectivity index (χ0n) is 10.4. The van der Waals surface area contributed by atoms with E-state index in [1.54, 1.807) is 19.1 Å². The normalized spacial score (nSPS) is 12.3. The third kappa shape index (κ3) is 3.73. The van der Waals surface area contributed by atoms with Crippen LogP contribution in [0.3, 0.4) is 0 Å². The summed E-state index contributed by atoms with van der Waals surface area (Å²) in [5.74, 6) is -1.74. The Hall–Kier alpha value is -2.10. The second kappa shape index (κ2) is 6.59. The van der Waals surface area contributed by atoms with Gasteiger partial charge in [0.25, 0.3) is 0 Å². The minimum absolute atomic E-state index is 0.0410. The van der Waals surface area contributed by atoms with Crippen LogP contribution in [-0.2, 0) is 4.74 Å². The molecule has 0 aliphatic heterocycles. The summed E-state index contributed by atoms with van der Waals surface area (Å²) in [6, 6.07) is 6.02. The van der Waals surface area contributed by atoms with Crippen molar-refractivity contribution in [2.75, 3.05) is 0 Å². The first kappa shape index (κ1) is 14.0. The minimum atomic E-state index is -1.14. The average Bonchev–Trinajstić information content (AvgIpc) is 2.36. The number of carbonyl (C=O) groups is 2. The molecule has 1 aromatic carbocycles. The topological polar surface area (TPSA) is 63.6 Å². The smallest absolute Gasteiger partial charge is 0.339 e. The molecule has 1 rings (SSSR count). The van der Waals surface area contributed by atoms with Crippen LogP contribution in [0.2, 0.25) is 0 Å². The standard InChI is InChI=1S/C14H16O4/c1-3-4-7-10(2)18-14(17)12-9-6-5-8-11(12)13(15)16/h3-6,8-10H,7H2,1-2H3,(H,15,16). The monoisotopic (exact) mass is 248 g/mol. The Morgan fingerprint density at radius 1 is 1.33 bits per heavy atom. The van der Waals surface area contributed by atoms with Crippen molar-refractivity contribution in [2.24, 2.45) is 0 Å². The lowest BCUT2D eigenvalue weighted by Gasteiger charge is -2.12. The Bertz CT molecular complexity index is 463. The fourth-order valence-corrected chi connectivity index (χ4v) is 1.47. The van der Waals surface area contributed by atoms with E-state index in [2.05, 4.69) is 0 Å².